The summed E-state index contributed by atoms with van der Waals surface area (Å²) in [4.78, 5) is 0. The Morgan fingerprint density at radius 3 is 2.41 bits per heavy atom. The summed E-state index contributed by atoms with van der Waals surface area (Å²) < 4.78 is 0. The first-order valence-corrected chi connectivity index (χ1v) is 6.39. The number of nitrogens with one attached hydrogen (secondary N) is 1. The Hall–Kier alpha value is -1.34. The Morgan fingerprint density at radius 1 is 0.941 bits per heavy atom. The first-order chi connectivity index (χ1) is 8.16. The van der Waals surface area contributed by atoms with Crippen molar-refractivity contribution in [2.75, 3.05) is 0 Å². The van der Waals surface area contributed by atoms with Crippen molar-refractivity contribution >= 4 is 10.8 Å². The van der Waals surface area contributed by atoms with Crippen LogP contribution in [0.4, 0.5) is 0 Å². The fourth-order valence-electron chi connectivity index (χ4n) is 2.43. The van der Waals surface area contributed by atoms with Crippen molar-refractivity contribution in [3.63, 3.8) is 0 Å². The molecule has 0 radical (unpaired) electrons. The summed E-state index contributed by atoms with van der Waals surface area (Å²) in [6.07, 6.45) is 1.08. The van der Waals surface area contributed by atoms with E-state index in [0.717, 1.165) is 6.42 Å². The molecule has 1 atom stereocenters. The molecule has 0 saturated carbocycles. The van der Waals surface area contributed by atoms with Gasteiger partial charge in [-0.3, -0.25) is 0 Å². The number of rotatable bonds is 4. The number of fused-ring (bicyclic) bond motifs is 1. The lowest BCUT2D eigenvalue weighted by Crippen LogP contribution is -2.33. The van der Waals surface area contributed by atoms with Gasteiger partial charge < -0.3 is 5.32 Å². The molecule has 17 heavy (non-hydrogen) atoms. The van der Waals surface area contributed by atoms with Crippen molar-refractivity contribution < 1.29 is 0 Å². The Kier molecular flexibility index (Phi) is 3.80. The predicted octanol–water partition coefficient (Wildman–Crippen LogP) is 3.77. The van der Waals surface area contributed by atoms with Gasteiger partial charge in [0.15, 0.2) is 0 Å². The topological polar surface area (TPSA) is 12.0 Å². The molecule has 0 aliphatic heterocycles. The van der Waals surface area contributed by atoms with Gasteiger partial charge in [-0.2, -0.15) is 0 Å². The Balaban J connectivity index is 2.24. The molecular formula is C16H21N. The van der Waals surface area contributed by atoms with E-state index in [4.69, 9.17) is 0 Å². The molecule has 0 fully saturated rings. The van der Waals surface area contributed by atoms with Crippen LogP contribution in [0.5, 0.6) is 0 Å². The van der Waals surface area contributed by atoms with Crippen molar-refractivity contribution in [2.45, 2.75) is 39.3 Å². The summed E-state index contributed by atoms with van der Waals surface area (Å²) in [6.45, 7) is 6.64. The summed E-state index contributed by atoms with van der Waals surface area (Å²) in [5.41, 5.74) is 1.43. The molecule has 1 nitrogen and oxygen atoms in total. The van der Waals surface area contributed by atoms with Crippen LogP contribution in [-0.4, -0.2) is 12.1 Å². The van der Waals surface area contributed by atoms with Gasteiger partial charge in [0.25, 0.3) is 0 Å². The lowest BCUT2D eigenvalue weighted by atomic mass is 9.99. The Bertz CT molecular complexity index is 482. The molecule has 1 N–H and O–H groups in total. The average Bonchev–Trinajstić information content (AvgIpc) is 2.28. The van der Waals surface area contributed by atoms with Crippen LogP contribution in [0.2, 0.25) is 0 Å². The van der Waals surface area contributed by atoms with E-state index >= 15 is 0 Å². The highest BCUT2D eigenvalue weighted by molar-refractivity contribution is 5.85. The molecule has 0 spiro atoms. The zero-order valence-electron chi connectivity index (χ0n) is 10.9. The summed E-state index contributed by atoms with van der Waals surface area (Å²) in [5.74, 6) is 0. The van der Waals surface area contributed by atoms with Crippen LogP contribution >= 0.6 is 0 Å². The van der Waals surface area contributed by atoms with E-state index in [1.165, 1.54) is 16.3 Å². The van der Waals surface area contributed by atoms with E-state index in [9.17, 15) is 0 Å². The highest BCUT2D eigenvalue weighted by Gasteiger charge is 2.07. The van der Waals surface area contributed by atoms with Gasteiger partial charge in [0.1, 0.15) is 0 Å². The van der Waals surface area contributed by atoms with Crippen molar-refractivity contribution in [2.24, 2.45) is 0 Å². The summed E-state index contributed by atoms with van der Waals surface area (Å²) >= 11 is 0. The molecule has 0 bridgehead atoms. The summed E-state index contributed by atoms with van der Waals surface area (Å²) in [6, 6.07) is 16.2. The third-order valence-electron chi connectivity index (χ3n) is 3.02. The second-order valence-corrected chi connectivity index (χ2v) is 5.06. The minimum atomic E-state index is 0.515. The molecular weight excluding hydrogens is 206 g/mol. The SMILES string of the molecule is CC(C)N[C@@H](C)Cc1cccc2ccccc12. The van der Waals surface area contributed by atoms with Crippen LogP contribution < -0.4 is 5.32 Å². The minimum absolute atomic E-state index is 0.515. The van der Waals surface area contributed by atoms with E-state index in [2.05, 4.69) is 68.6 Å². The van der Waals surface area contributed by atoms with Gasteiger partial charge in [-0.1, -0.05) is 56.3 Å². The lowest BCUT2D eigenvalue weighted by molar-refractivity contribution is 0.488. The standard InChI is InChI=1S/C16H21N/c1-12(2)17-13(3)11-15-9-6-8-14-7-4-5-10-16(14)15/h4-10,12-13,17H,11H2,1-3H3/t13-/m0/s1. The molecule has 0 aliphatic rings. The number of hydrogen-bond acceptors (Lipinski definition) is 1. The second kappa shape index (κ2) is 5.33. The molecule has 0 saturated heterocycles. The van der Waals surface area contributed by atoms with Crippen molar-refractivity contribution in [1.82, 2.24) is 5.32 Å². The van der Waals surface area contributed by atoms with Gasteiger partial charge in [-0.15, -0.1) is 0 Å². The average molecular weight is 227 g/mol. The highest BCUT2D eigenvalue weighted by atomic mass is 14.9. The molecule has 2 rings (SSSR count). The molecule has 0 amide bonds. The van der Waals surface area contributed by atoms with Crippen molar-refractivity contribution in [3.8, 4) is 0 Å². The third-order valence-corrected chi connectivity index (χ3v) is 3.02. The fourth-order valence-corrected chi connectivity index (χ4v) is 2.43. The molecule has 0 heterocycles. The van der Waals surface area contributed by atoms with Crippen molar-refractivity contribution in [1.29, 1.82) is 0 Å². The molecule has 90 valence electrons. The van der Waals surface area contributed by atoms with E-state index < -0.39 is 0 Å². The van der Waals surface area contributed by atoms with Gasteiger partial charge in [0, 0.05) is 12.1 Å². The van der Waals surface area contributed by atoms with E-state index in [1.54, 1.807) is 0 Å². The molecule has 0 aliphatic carbocycles. The van der Waals surface area contributed by atoms with Crippen LogP contribution in [0.25, 0.3) is 10.8 Å². The maximum absolute atomic E-state index is 3.56. The van der Waals surface area contributed by atoms with Crippen molar-refractivity contribution in [3.05, 3.63) is 48.0 Å². The summed E-state index contributed by atoms with van der Waals surface area (Å²) in [5, 5.41) is 6.27. The number of hydrogen-bond donors (Lipinski definition) is 1. The largest absolute Gasteiger partial charge is 0.312 e. The molecule has 0 unspecified atom stereocenters. The molecule has 0 aromatic heterocycles. The molecule has 2 aromatic rings. The van der Waals surface area contributed by atoms with E-state index in [0.29, 0.717) is 12.1 Å². The Morgan fingerprint density at radius 2 is 1.65 bits per heavy atom. The van der Waals surface area contributed by atoms with E-state index in [-0.39, 0.29) is 0 Å². The van der Waals surface area contributed by atoms with Crippen LogP contribution in [0.3, 0.4) is 0 Å². The maximum atomic E-state index is 3.56. The third kappa shape index (κ3) is 3.07. The second-order valence-electron chi connectivity index (χ2n) is 5.06. The summed E-state index contributed by atoms with van der Waals surface area (Å²) in [7, 11) is 0. The van der Waals surface area contributed by atoms with Crippen LogP contribution in [0.15, 0.2) is 42.5 Å². The van der Waals surface area contributed by atoms with Crippen LogP contribution in [0.1, 0.15) is 26.3 Å². The monoisotopic (exact) mass is 227 g/mol. The number of benzene rings is 2. The quantitative estimate of drug-likeness (QED) is 0.838. The molecule has 2 aromatic carbocycles. The van der Waals surface area contributed by atoms with Gasteiger partial charge in [0.2, 0.25) is 0 Å². The fraction of sp³-hybridized carbons (Fsp3) is 0.375. The van der Waals surface area contributed by atoms with Gasteiger partial charge in [0.05, 0.1) is 0 Å². The van der Waals surface area contributed by atoms with Gasteiger partial charge in [-0.05, 0) is 29.7 Å². The first kappa shape index (κ1) is 12.1. The highest BCUT2D eigenvalue weighted by Crippen LogP contribution is 2.19. The van der Waals surface area contributed by atoms with Gasteiger partial charge in [-0.25, -0.2) is 0 Å². The lowest BCUT2D eigenvalue weighted by Gasteiger charge is -2.17. The zero-order valence-corrected chi connectivity index (χ0v) is 10.9. The Labute approximate surface area is 104 Å². The first-order valence-electron chi connectivity index (χ1n) is 6.39. The smallest absolute Gasteiger partial charge is 0.00817 e. The molecule has 1 heteroatoms. The van der Waals surface area contributed by atoms with E-state index in [1.807, 2.05) is 0 Å². The maximum Gasteiger partial charge on any atom is 0.00817 e. The normalized spacial score (nSPS) is 13.2. The predicted molar refractivity (Wildman–Crippen MR) is 75.4 cm³/mol. The van der Waals surface area contributed by atoms with Crippen LogP contribution in [0, 0.1) is 0 Å². The van der Waals surface area contributed by atoms with Crippen LogP contribution in [-0.2, 0) is 6.42 Å². The minimum Gasteiger partial charge on any atom is -0.312 e. The zero-order chi connectivity index (χ0) is 12.3. The van der Waals surface area contributed by atoms with Gasteiger partial charge >= 0.3 is 0 Å².